The first-order valence-corrected chi connectivity index (χ1v) is 4.73. The van der Waals surface area contributed by atoms with Gasteiger partial charge in [-0.1, -0.05) is 0 Å². The number of halogens is 6. The van der Waals surface area contributed by atoms with E-state index in [4.69, 9.17) is 5.11 Å². The van der Waals surface area contributed by atoms with E-state index < -0.39 is 47.1 Å². The zero-order chi connectivity index (χ0) is 13.9. The second-order valence-electron chi connectivity index (χ2n) is 2.62. The van der Waals surface area contributed by atoms with Crippen LogP contribution in [0.5, 0.6) is 0 Å². The molecule has 0 aliphatic rings. The second-order valence-corrected chi connectivity index (χ2v) is 3.70. The first-order valence-electron chi connectivity index (χ1n) is 3.74. The van der Waals surface area contributed by atoms with Crippen LogP contribution < -0.4 is 5.32 Å². The number of carboxylic acids is 1. The number of carboxylic acid groups (broad SMARTS) is 1. The third kappa shape index (κ3) is 6.92. The molecule has 0 spiro atoms. The lowest BCUT2D eigenvalue weighted by molar-refractivity contribution is -0.175. The van der Waals surface area contributed by atoms with Gasteiger partial charge in [0.25, 0.3) is 0 Å². The fourth-order valence-corrected chi connectivity index (χ4v) is 1.17. The monoisotopic (exact) mass is 285 g/mol. The van der Waals surface area contributed by atoms with E-state index in [-0.39, 0.29) is 0 Å². The van der Waals surface area contributed by atoms with Gasteiger partial charge in [0.1, 0.15) is 6.04 Å². The number of hydrogen-bond donors (Lipinski definition) is 2. The van der Waals surface area contributed by atoms with Crippen molar-refractivity contribution in [2.24, 2.45) is 0 Å². The molecule has 0 aromatic rings. The van der Waals surface area contributed by atoms with Crippen LogP contribution in [-0.4, -0.2) is 40.5 Å². The molecule has 4 nitrogen and oxygen atoms in total. The van der Waals surface area contributed by atoms with Crippen molar-refractivity contribution in [3.05, 3.63) is 0 Å². The molecule has 0 fully saturated rings. The number of aliphatic carboxylic acids is 1. The van der Waals surface area contributed by atoms with Crippen LogP contribution >= 0.6 is 11.8 Å². The minimum Gasteiger partial charge on any atom is -0.480 e. The molecule has 11 heteroatoms. The topological polar surface area (TPSA) is 66.4 Å². The van der Waals surface area contributed by atoms with E-state index in [1.807, 2.05) is 0 Å². The molecular weight excluding hydrogens is 280 g/mol. The van der Waals surface area contributed by atoms with Crippen molar-refractivity contribution in [3.63, 3.8) is 0 Å². The molecule has 1 amide bonds. The van der Waals surface area contributed by atoms with E-state index in [1.165, 1.54) is 0 Å². The van der Waals surface area contributed by atoms with Crippen molar-refractivity contribution < 1.29 is 41.0 Å². The maximum Gasteiger partial charge on any atom is 0.471 e. The van der Waals surface area contributed by atoms with Gasteiger partial charge in [0.05, 0.1) is 0 Å². The zero-order valence-corrected chi connectivity index (χ0v) is 8.54. The number of amides is 1. The smallest absolute Gasteiger partial charge is 0.471 e. The van der Waals surface area contributed by atoms with Gasteiger partial charge in [0, 0.05) is 5.75 Å². The van der Waals surface area contributed by atoms with E-state index in [0.717, 1.165) is 5.32 Å². The van der Waals surface area contributed by atoms with Crippen molar-refractivity contribution >= 4 is 23.6 Å². The summed E-state index contributed by atoms with van der Waals surface area (Å²) in [5, 5.41) is 9.27. The molecule has 0 unspecified atom stereocenters. The highest BCUT2D eigenvalue weighted by Crippen LogP contribution is 2.30. The van der Waals surface area contributed by atoms with Crippen LogP contribution in [0.3, 0.4) is 0 Å². The largest absolute Gasteiger partial charge is 0.480 e. The summed E-state index contributed by atoms with van der Waals surface area (Å²) < 4.78 is 70.2. The first kappa shape index (κ1) is 15.9. The Morgan fingerprint density at radius 1 is 1.18 bits per heavy atom. The lowest BCUT2D eigenvalue weighted by Gasteiger charge is -2.15. The van der Waals surface area contributed by atoms with Gasteiger partial charge in [-0.25, -0.2) is 4.79 Å². The molecule has 0 bridgehead atoms. The van der Waals surface area contributed by atoms with Crippen LogP contribution in [-0.2, 0) is 9.59 Å². The Balaban J connectivity index is 4.47. The quantitative estimate of drug-likeness (QED) is 0.766. The number of hydrogen-bond acceptors (Lipinski definition) is 3. The number of thioether (sulfide) groups is 1. The molecule has 0 rings (SSSR count). The van der Waals surface area contributed by atoms with Crippen LogP contribution in [0.25, 0.3) is 0 Å². The maximum absolute atomic E-state index is 11.7. The fourth-order valence-electron chi connectivity index (χ4n) is 0.593. The lowest BCUT2D eigenvalue weighted by Crippen LogP contribution is -2.48. The zero-order valence-electron chi connectivity index (χ0n) is 7.72. The minimum atomic E-state index is -5.35. The Bertz CT molecular complexity index is 301. The predicted octanol–water partition coefficient (Wildman–Crippen LogP) is 1.37. The molecule has 1 atom stereocenters. The molecule has 100 valence electrons. The number of carbonyl (C=O) groups excluding carboxylic acids is 1. The molecule has 0 aliphatic carbocycles. The molecule has 17 heavy (non-hydrogen) atoms. The summed E-state index contributed by atoms with van der Waals surface area (Å²) in [6, 6.07) is -2.27. The standard InChI is InChI=1S/C6H5F6NO3S/c7-5(8,9)4(16)13-2(3(14)15)1-17-6(10,11)12/h2H,1H2,(H,13,16)(H,14,15)/t2-/m0/s1. The number of nitrogens with one attached hydrogen (secondary N) is 1. The summed E-state index contributed by atoms with van der Waals surface area (Å²) >= 11 is -0.840. The van der Waals surface area contributed by atoms with E-state index in [1.54, 1.807) is 0 Å². The van der Waals surface area contributed by atoms with E-state index in [9.17, 15) is 35.9 Å². The fraction of sp³-hybridized carbons (Fsp3) is 0.667. The molecule has 0 aromatic heterocycles. The van der Waals surface area contributed by atoms with Crippen molar-refractivity contribution in [2.45, 2.75) is 17.7 Å². The number of rotatable bonds is 4. The van der Waals surface area contributed by atoms with Crippen molar-refractivity contribution in [1.82, 2.24) is 5.32 Å². The van der Waals surface area contributed by atoms with Gasteiger partial charge in [-0.2, -0.15) is 26.3 Å². The van der Waals surface area contributed by atoms with Gasteiger partial charge in [-0.3, -0.25) is 4.79 Å². The Hall–Kier alpha value is -1.13. The van der Waals surface area contributed by atoms with E-state index in [0.29, 0.717) is 0 Å². The average Bonchev–Trinajstić information content (AvgIpc) is 2.07. The number of carbonyl (C=O) groups is 2. The van der Waals surface area contributed by atoms with Crippen LogP contribution in [0.1, 0.15) is 0 Å². The summed E-state index contributed by atoms with van der Waals surface area (Å²) in [7, 11) is 0. The normalized spacial score (nSPS) is 14.2. The molecule has 0 radical (unpaired) electrons. The predicted molar refractivity (Wildman–Crippen MR) is 44.1 cm³/mol. The summed E-state index contributed by atoms with van der Waals surface area (Å²) in [5.41, 5.74) is -4.79. The third-order valence-electron chi connectivity index (χ3n) is 1.27. The highest BCUT2D eigenvalue weighted by molar-refractivity contribution is 8.00. The average molecular weight is 285 g/mol. The van der Waals surface area contributed by atoms with Gasteiger partial charge >= 0.3 is 23.6 Å². The van der Waals surface area contributed by atoms with Crippen molar-refractivity contribution in [2.75, 3.05) is 5.75 Å². The Labute approximate surface area is 94.3 Å². The molecule has 0 saturated heterocycles. The Morgan fingerprint density at radius 2 is 1.65 bits per heavy atom. The molecule has 0 saturated carbocycles. The first-order chi connectivity index (χ1) is 7.43. The molecule has 0 heterocycles. The van der Waals surface area contributed by atoms with Gasteiger partial charge in [0.15, 0.2) is 0 Å². The second kappa shape index (κ2) is 5.47. The van der Waals surface area contributed by atoms with Crippen LogP contribution in [0.4, 0.5) is 26.3 Å². The summed E-state index contributed by atoms with van der Waals surface area (Å²) in [6.07, 6.45) is -5.35. The SMILES string of the molecule is O=C(O)[C@H](CSC(F)(F)F)NC(=O)C(F)(F)F. The summed E-state index contributed by atoms with van der Waals surface area (Å²) in [6.45, 7) is 0. The van der Waals surface area contributed by atoms with Crippen molar-refractivity contribution in [3.8, 4) is 0 Å². The highest BCUT2D eigenvalue weighted by atomic mass is 32.2. The van der Waals surface area contributed by atoms with Crippen LogP contribution in [0.15, 0.2) is 0 Å². The van der Waals surface area contributed by atoms with Gasteiger partial charge < -0.3 is 10.4 Å². The van der Waals surface area contributed by atoms with E-state index >= 15 is 0 Å². The molecule has 0 aromatic carbocycles. The Morgan fingerprint density at radius 3 is 1.94 bits per heavy atom. The minimum absolute atomic E-state index is 0.840. The van der Waals surface area contributed by atoms with Crippen LogP contribution in [0, 0.1) is 0 Å². The third-order valence-corrected chi connectivity index (χ3v) is 2.10. The Kier molecular flexibility index (Phi) is 5.11. The van der Waals surface area contributed by atoms with Gasteiger partial charge in [0.2, 0.25) is 0 Å². The van der Waals surface area contributed by atoms with Gasteiger partial charge in [-0.15, -0.1) is 0 Å². The summed E-state index contributed by atoms with van der Waals surface area (Å²) in [5.74, 6) is -5.84. The van der Waals surface area contributed by atoms with Crippen molar-refractivity contribution in [1.29, 1.82) is 0 Å². The highest BCUT2D eigenvalue weighted by Gasteiger charge is 2.41. The summed E-state index contributed by atoms with van der Waals surface area (Å²) in [4.78, 5) is 20.6. The number of alkyl halides is 6. The lowest BCUT2D eigenvalue weighted by atomic mass is 10.3. The molecule has 2 N–H and O–H groups in total. The maximum atomic E-state index is 11.7. The van der Waals surface area contributed by atoms with Gasteiger partial charge in [-0.05, 0) is 11.8 Å². The molecular formula is C6H5F6NO3S. The van der Waals surface area contributed by atoms with E-state index in [2.05, 4.69) is 0 Å². The van der Waals surface area contributed by atoms with Crippen LogP contribution in [0.2, 0.25) is 0 Å². The molecule has 0 aliphatic heterocycles.